The van der Waals surface area contributed by atoms with Crippen LogP contribution in [0.15, 0.2) is 69.6 Å². The van der Waals surface area contributed by atoms with Gasteiger partial charge in [0, 0.05) is 0 Å². The summed E-state index contributed by atoms with van der Waals surface area (Å²) in [6.07, 6.45) is 1.82. The van der Waals surface area contributed by atoms with Gasteiger partial charge in [0.25, 0.3) is 5.56 Å². The zero-order valence-corrected chi connectivity index (χ0v) is 18.5. The van der Waals surface area contributed by atoms with Crippen molar-refractivity contribution >= 4 is 23.4 Å². The third-order valence-electron chi connectivity index (χ3n) is 5.27. The van der Waals surface area contributed by atoms with Gasteiger partial charge < -0.3 is 9.47 Å². The molecule has 1 aliphatic rings. The summed E-state index contributed by atoms with van der Waals surface area (Å²) in [7, 11) is 2.96. The number of ether oxygens (including phenoxy) is 2. The van der Waals surface area contributed by atoms with E-state index in [0.29, 0.717) is 20.6 Å². The van der Waals surface area contributed by atoms with E-state index in [2.05, 4.69) is 4.99 Å². The third kappa shape index (κ3) is 3.72. The van der Waals surface area contributed by atoms with Crippen LogP contribution in [0.5, 0.6) is 5.75 Å². The number of esters is 1. The van der Waals surface area contributed by atoms with Crippen molar-refractivity contribution in [1.29, 1.82) is 0 Å². The summed E-state index contributed by atoms with van der Waals surface area (Å²) in [5, 5.41) is 0. The number of carbonyl (C=O) groups excluding carboxylic acids is 1. The highest BCUT2D eigenvalue weighted by Crippen LogP contribution is 2.30. The summed E-state index contributed by atoms with van der Waals surface area (Å²) in [5.41, 5.74) is 3.40. The van der Waals surface area contributed by atoms with Crippen molar-refractivity contribution in [3.05, 3.63) is 96.2 Å². The predicted octanol–water partition coefficient (Wildman–Crippen LogP) is 2.73. The number of benzene rings is 2. The highest BCUT2D eigenvalue weighted by Gasteiger charge is 2.32. The topological polar surface area (TPSA) is 69.9 Å². The van der Waals surface area contributed by atoms with Crippen molar-refractivity contribution in [3.63, 3.8) is 0 Å². The van der Waals surface area contributed by atoms with E-state index in [1.807, 2.05) is 61.5 Å². The van der Waals surface area contributed by atoms with Gasteiger partial charge in [0.1, 0.15) is 5.75 Å². The standard InChI is InChI=1S/C24H22N2O4S/c1-14-10-11-16(12-18(14)29-3)13-19-22(27)26-21(17-8-6-5-7-9-17)20(23(28)30-4)15(2)25-24(26)31-19/h5-13,21H,1-4H3. The van der Waals surface area contributed by atoms with Crippen LogP contribution < -0.4 is 19.6 Å². The number of fused-ring (bicyclic) bond motifs is 1. The van der Waals surface area contributed by atoms with E-state index in [1.165, 1.54) is 18.4 Å². The zero-order chi connectivity index (χ0) is 22.1. The summed E-state index contributed by atoms with van der Waals surface area (Å²) in [6.45, 7) is 3.73. The lowest BCUT2D eigenvalue weighted by Crippen LogP contribution is -2.39. The Labute approximate surface area is 183 Å². The fourth-order valence-corrected chi connectivity index (χ4v) is 4.77. The monoisotopic (exact) mass is 434 g/mol. The van der Waals surface area contributed by atoms with Crippen LogP contribution in [-0.4, -0.2) is 24.8 Å². The number of methoxy groups -OCH3 is 2. The second-order valence-electron chi connectivity index (χ2n) is 7.21. The minimum atomic E-state index is -0.598. The molecule has 1 atom stereocenters. The molecule has 158 valence electrons. The highest BCUT2D eigenvalue weighted by atomic mass is 32.1. The molecule has 0 N–H and O–H groups in total. The number of rotatable bonds is 4. The predicted molar refractivity (Wildman–Crippen MR) is 120 cm³/mol. The van der Waals surface area contributed by atoms with Crippen LogP contribution in [0.4, 0.5) is 0 Å². The molecule has 3 aromatic rings. The van der Waals surface area contributed by atoms with E-state index < -0.39 is 12.0 Å². The Kier molecular flexibility index (Phi) is 5.61. The number of allylic oxidation sites excluding steroid dienone is 1. The number of aryl methyl sites for hydroxylation is 1. The van der Waals surface area contributed by atoms with Gasteiger partial charge in [-0.25, -0.2) is 9.79 Å². The molecule has 1 aliphatic heterocycles. The number of nitrogens with zero attached hydrogens (tertiary/aromatic N) is 2. The van der Waals surface area contributed by atoms with Gasteiger partial charge in [0.15, 0.2) is 4.80 Å². The van der Waals surface area contributed by atoms with Crippen LogP contribution in [0, 0.1) is 6.92 Å². The first-order valence-corrected chi connectivity index (χ1v) is 10.6. The van der Waals surface area contributed by atoms with Crippen LogP contribution in [0.3, 0.4) is 0 Å². The Balaban J connectivity index is 1.95. The molecule has 0 saturated carbocycles. The second-order valence-corrected chi connectivity index (χ2v) is 8.22. The lowest BCUT2D eigenvalue weighted by Gasteiger charge is -2.24. The minimum absolute atomic E-state index is 0.203. The van der Waals surface area contributed by atoms with Gasteiger partial charge in [-0.3, -0.25) is 9.36 Å². The van der Waals surface area contributed by atoms with Crippen molar-refractivity contribution in [2.75, 3.05) is 14.2 Å². The average Bonchev–Trinajstić information content (AvgIpc) is 3.08. The molecule has 0 radical (unpaired) electrons. The van der Waals surface area contributed by atoms with Crippen molar-refractivity contribution in [2.24, 2.45) is 4.99 Å². The SMILES string of the molecule is COC(=O)C1=C(C)N=c2sc(=Cc3ccc(C)c(OC)c3)c(=O)n2C1c1ccccc1. The molecule has 1 unspecified atom stereocenters. The number of aromatic nitrogens is 1. The molecule has 0 saturated heterocycles. The lowest BCUT2D eigenvalue weighted by molar-refractivity contribution is -0.136. The molecule has 6 nitrogen and oxygen atoms in total. The molecule has 0 amide bonds. The van der Waals surface area contributed by atoms with E-state index in [-0.39, 0.29) is 5.56 Å². The molecule has 0 spiro atoms. The maximum absolute atomic E-state index is 13.5. The van der Waals surface area contributed by atoms with Crippen LogP contribution in [0.2, 0.25) is 0 Å². The Hall–Kier alpha value is -3.45. The van der Waals surface area contributed by atoms with Crippen LogP contribution in [0.25, 0.3) is 6.08 Å². The maximum atomic E-state index is 13.5. The first kappa shape index (κ1) is 20.8. The van der Waals surface area contributed by atoms with E-state index in [0.717, 1.165) is 22.4 Å². The quantitative estimate of drug-likeness (QED) is 0.592. The maximum Gasteiger partial charge on any atom is 0.338 e. The largest absolute Gasteiger partial charge is 0.496 e. The van der Waals surface area contributed by atoms with Gasteiger partial charge in [0.2, 0.25) is 0 Å². The van der Waals surface area contributed by atoms with Gasteiger partial charge in [-0.05, 0) is 42.7 Å². The van der Waals surface area contributed by atoms with Gasteiger partial charge in [-0.2, -0.15) is 0 Å². The van der Waals surface area contributed by atoms with Crippen molar-refractivity contribution in [1.82, 2.24) is 4.57 Å². The molecule has 0 fully saturated rings. The smallest absolute Gasteiger partial charge is 0.338 e. The third-order valence-corrected chi connectivity index (χ3v) is 6.26. The van der Waals surface area contributed by atoms with E-state index in [1.54, 1.807) is 18.6 Å². The van der Waals surface area contributed by atoms with Gasteiger partial charge >= 0.3 is 5.97 Å². The molecular formula is C24H22N2O4S. The number of hydrogen-bond donors (Lipinski definition) is 0. The van der Waals surface area contributed by atoms with Gasteiger partial charge in [-0.1, -0.05) is 53.8 Å². The molecule has 7 heteroatoms. The lowest BCUT2D eigenvalue weighted by atomic mass is 9.96. The zero-order valence-electron chi connectivity index (χ0n) is 17.7. The molecule has 0 aliphatic carbocycles. The van der Waals surface area contributed by atoms with Crippen molar-refractivity contribution in [2.45, 2.75) is 19.9 Å². The van der Waals surface area contributed by atoms with E-state index in [9.17, 15) is 9.59 Å². The molecule has 4 rings (SSSR count). The van der Waals surface area contributed by atoms with Crippen molar-refractivity contribution in [3.8, 4) is 5.75 Å². The fourth-order valence-electron chi connectivity index (χ4n) is 3.72. The molecular weight excluding hydrogens is 412 g/mol. The second kappa shape index (κ2) is 8.35. The van der Waals surface area contributed by atoms with Gasteiger partial charge in [0.05, 0.1) is 36.1 Å². The summed E-state index contributed by atoms with van der Waals surface area (Å²) in [4.78, 5) is 31.2. The minimum Gasteiger partial charge on any atom is -0.496 e. The molecule has 0 bridgehead atoms. The fraction of sp³-hybridized carbons (Fsp3) is 0.208. The van der Waals surface area contributed by atoms with E-state index in [4.69, 9.17) is 9.47 Å². The van der Waals surface area contributed by atoms with Crippen LogP contribution in [-0.2, 0) is 9.53 Å². The molecule has 1 aromatic heterocycles. The summed E-state index contributed by atoms with van der Waals surface area (Å²) in [6, 6.07) is 14.6. The Bertz CT molecular complexity index is 1370. The average molecular weight is 435 g/mol. The summed E-state index contributed by atoms with van der Waals surface area (Å²) < 4.78 is 12.5. The summed E-state index contributed by atoms with van der Waals surface area (Å²) >= 11 is 1.30. The van der Waals surface area contributed by atoms with Crippen LogP contribution >= 0.6 is 11.3 Å². The Morgan fingerprint density at radius 2 is 1.87 bits per heavy atom. The number of thiazole rings is 1. The molecule has 31 heavy (non-hydrogen) atoms. The Morgan fingerprint density at radius 3 is 2.55 bits per heavy atom. The normalized spacial score (nSPS) is 16.0. The first-order valence-electron chi connectivity index (χ1n) is 9.75. The van der Waals surface area contributed by atoms with Crippen LogP contribution in [0.1, 0.15) is 29.7 Å². The van der Waals surface area contributed by atoms with Gasteiger partial charge in [-0.15, -0.1) is 0 Å². The highest BCUT2D eigenvalue weighted by molar-refractivity contribution is 7.07. The summed E-state index contributed by atoms with van der Waals surface area (Å²) in [5.74, 6) is 0.264. The molecule has 2 aromatic carbocycles. The number of carbonyl (C=O) groups is 1. The molecule has 2 heterocycles. The number of hydrogen-bond acceptors (Lipinski definition) is 6. The van der Waals surface area contributed by atoms with E-state index >= 15 is 0 Å². The van der Waals surface area contributed by atoms with Crippen molar-refractivity contribution < 1.29 is 14.3 Å². The first-order chi connectivity index (χ1) is 14.9. The Morgan fingerprint density at radius 1 is 1.13 bits per heavy atom.